The number of halogens is 1. The molecule has 0 aliphatic rings. The summed E-state index contributed by atoms with van der Waals surface area (Å²) >= 11 is 5.75. The third-order valence-corrected chi connectivity index (χ3v) is 2.26. The van der Waals surface area contributed by atoms with Crippen molar-refractivity contribution in [2.75, 3.05) is 6.54 Å². The van der Waals surface area contributed by atoms with E-state index in [1.165, 1.54) is 0 Å². The largest absolute Gasteiger partial charge is 0.393 e. The zero-order valence-corrected chi connectivity index (χ0v) is 9.58. The average Bonchev–Trinajstić information content (AvgIpc) is 2.44. The second kappa shape index (κ2) is 5.19. The van der Waals surface area contributed by atoms with Gasteiger partial charge in [0.1, 0.15) is 5.69 Å². The van der Waals surface area contributed by atoms with E-state index in [1.807, 2.05) is 0 Å². The summed E-state index contributed by atoms with van der Waals surface area (Å²) in [4.78, 5) is 11.6. The van der Waals surface area contributed by atoms with E-state index in [4.69, 9.17) is 16.7 Å². The third kappa shape index (κ3) is 3.57. The fourth-order valence-electron chi connectivity index (χ4n) is 1.24. The van der Waals surface area contributed by atoms with Gasteiger partial charge in [0.05, 0.1) is 11.1 Å². The van der Waals surface area contributed by atoms with Crippen LogP contribution in [0.5, 0.6) is 0 Å². The molecule has 0 aromatic carbocycles. The highest BCUT2D eigenvalue weighted by Gasteiger charge is 2.10. The predicted octanol–water partition coefficient (Wildman–Crippen LogP) is 1.18. The Kier molecular flexibility index (Phi) is 4.17. The van der Waals surface area contributed by atoms with Crippen LogP contribution in [0, 0.1) is 0 Å². The maximum Gasteiger partial charge on any atom is 0.267 e. The molecule has 1 aromatic rings. The molecule has 1 rings (SSSR count). The highest BCUT2D eigenvalue weighted by molar-refractivity contribution is 6.31. The summed E-state index contributed by atoms with van der Waals surface area (Å²) in [6.07, 6.45) is 1.82. The number of aliphatic hydroxyl groups is 1. The lowest BCUT2D eigenvalue weighted by molar-refractivity contribution is 0.0937. The number of aliphatic hydroxyl groups excluding tert-OH is 1. The van der Waals surface area contributed by atoms with Gasteiger partial charge in [-0.2, -0.15) is 0 Å². The molecule has 0 aliphatic carbocycles. The minimum atomic E-state index is -0.401. The lowest BCUT2D eigenvalue weighted by Gasteiger charge is -2.07. The van der Waals surface area contributed by atoms with E-state index >= 15 is 0 Å². The fourth-order valence-corrected chi connectivity index (χ4v) is 1.48. The molecule has 1 unspecified atom stereocenters. The van der Waals surface area contributed by atoms with E-state index in [1.54, 1.807) is 30.8 Å². The lowest BCUT2D eigenvalue weighted by Crippen LogP contribution is -2.27. The second-order valence-corrected chi connectivity index (χ2v) is 3.98. The van der Waals surface area contributed by atoms with Crippen molar-refractivity contribution in [2.45, 2.75) is 19.4 Å². The Morgan fingerprint density at radius 3 is 2.87 bits per heavy atom. The topological polar surface area (TPSA) is 54.3 Å². The van der Waals surface area contributed by atoms with Gasteiger partial charge in [-0.3, -0.25) is 4.79 Å². The molecule has 1 aromatic heterocycles. The first-order valence-corrected chi connectivity index (χ1v) is 5.16. The van der Waals surface area contributed by atoms with Gasteiger partial charge in [-0.25, -0.2) is 0 Å². The summed E-state index contributed by atoms with van der Waals surface area (Å²) < 4.78 is 1.67. The van der Waals surface area contributed by atoms with Gasteiger partial charge in [0.2, 0.25) is 0 Å². The smallest absolute Gasteiger partial charge is 0.267 e. The summed E-state index contributed by atoms with van der Waals surface area (Å²) in [5.41, 5.74) is 0.519. The zero-order chi connectivity index (χ0) is 11.4. The van der Waals surface area contributed by atoms with Crippen molar-refractivity contribution in [3.8, 4) is 0 Å². The molecule has 0 spiro atoms. The number of carbonyl (C=O) groups excluding carboxylic acids is 1. The molecular weight excluding hydrogens is 216 g/mol. The zero-order valence-electron chi connectivity index (χ0n) is 8.83. The van der Waals surface area contributed by atoms with E-state index < -0.39 is 6.10 Å². The maximum atomic E-state index is 11.6. The monoisotopic (exact) mass is 230 g/mol. The summed E-state index contributed by atoms with van der Waals surface area (Å²) in [6, 6.07) is 1.61. The molecule has 4 nitrogen and oxygen atoms in total. The number of carbonyl (C=O) groups is 1. The Morgan fingerprint density at radius 2 is 2.40 bits per heavy atom. The molecule has 5 heteroatoms. The highest BCUT2D eigenvalue weighted by atomic mass is 35.5. The molecule has 0 saturated heterocycles. The van der Waals surface area contributed by atoms with Crippen molar-refractivity contribution in [2.24, 2.45) is 7.05 Å². The molecule has 1 heterocycles. The summed E-state index contributed by atoms with van der Waals surface area (Å²) in [7, 11) is 1.76. The number of aromatic nitrogens is 1. The van der Waals surface area contributed by atoms with Crippen molar-refractivity contribution in [1.29, 1.82) is 0 Å². The van der Waals surface area contributed by atoms with Gasteiger partial charge in [0, 0.05) is 19.8 Å². The summed E-state index contributed by atoms with van der Waals surface area (Å²) in [6.45, 7) is 2.14. The summed E-state index contributed by atoms with van der Waals surface area (Å²) in [5, 5.41) is 12.3. The molecule has 15 heavy (non-hydrogen) atoms. The molecule has 1 amide bonds. The Morgan fingerprint density at radius 1 is 1.73 bits per heavy atom. The van der Waals surface area contributed by atoms with Crippen molar-refractivity contribution >= 4 is 17.5 Å². The quantitative estimate of drug-likeness (QED) is 0.816. The standard InChI is InChI=1S/C10H15ClN2O2/c1-7(14)3-4-12-10(15)9-5-8(11)6-13(9)2/h5-7,14H,3-4H2,1-2H3,(H,12,15). The van der Waals surface area contributed by atoms with E-state index in [2.05, 4.69) is 5.32 Å². The lowest BCUT2D eigenvalue weighted by atomic mass is 10.3. The molecule has 0 fully saturated rings. The summed E-state index contributed by atoms with van der Waals surface area (Å²) in [5.74, 6) is -0.176. The van der Waals surface area contributed by atoms with Crippen LogP contribution in [-0.2, 0) is 7.05 Å². The van der Waals surface area contributed by atoms with Crippen LogP contribution < -0.4 is 5.32 Å². The van der Waals surface area contributed by atoms with Crippen LogP contribution in [0.3, 0.4) is 0 Å². The Bertz CT molecular complexity index is 347. The normalized spacial score (nSPS) is 12.5. The number of rotatable bonds is 4. The number of nitrogens with one attached hydrogen (secondary N) is 1. The van der Waals surface area contributed by atoms with E-state index in [9.17, 15) is 4.79 Å². The molecule has 0 bridgehead atoms. The van der Waals surface area contributed by atoms with Crippen LogP contribution in [0.4, 0.5) is 0 Å². The average molecular weight is 231 g/mol. The first kappa shape index (κ1) is 12.1. The third-order valence-electron chi connectivity index (χ3n) is 2.05. The van der Waals surface area contributed by atoms with E-state index in [-0.39, 0.29) is 5.91 Å². The molecule has 84 valence electrons. The second-order valence-electron chi connectivity index (χ2n) is 3.55. The van der Waals surface area contributed by atoms with Crippen LogP contribution in [0.2, 0.25) is 5.02 Å². The van der Waals surface area contributed by atoms with Crippen LogP contribution in [-0.4, -0.2) is 28.2 Å². The molecular formula is C10H15ClN2O2. The van der Waals surface area contributed by atoms with Crippen LogP contribution in [0.1, 0.15) is 23.8 Å². The maximum absolute atomic E-state index is 11.6. The Hall–Kier alpha value is -1.00. The van der Waals surface area contributed by atoms with Crippen LogP contribution >= 0.6 is 11.6 Å². The number of amides is 1. The number of aryl methyl sites for hydroxylation is 1. The fraction of sp³-hybridized carbons (Fsp3) is 0.500. The van der Waals surface area contributed by atoms with Gasteiger partial charge in [0.25, 0.3) is 5.91 Å². The number of hydrogen-bond donors (Lipinski definition) is 2. The van der Waals surface area contributed by atoms with Crippen LogP contribution in [0.25, 0.3) is 0 Å². The first-order valence-electron chi connectivity index (χ1n) is 4.79. The van der Waals surface area contributed by atoms with Crippen molar-refractivity contribution in [3.05, 3.63) is 23.0 Å². The number of nitrogens with zero attached hydrogens (tertiary/aromatic N) is 1. The predicted molar refractivity (Wildman–Crippen MR) is 59.1 cm³/mol. The van der Waals surface area contributed by atoms with Crippen molar-refractivity contribution in [3.63, 3.8) is 0 Å². The molecule has 0 saturated carbocycles. The van der Waals surface area contributed by atoms with Gasteiger partial charge in [-0.05, 0) is 19.4 Å². The van der Waals surface area contributed by atoms with Gasteiger partial charge in [-0.1, -0.05) is 11.6 Å². The molecule has 0 radical (unpaired) electrons. The molecule has 2 N–H and O–H groups in total. The first-order chi connectivity index (χ1) is 7.00. The van der Waals surface area contributed by atoms with Gasteiger partial charge in [0.15, 0.2) is 0 Å². The van der Waals surface area contributed by atoms with Crippen molar-refractivity contribution in [1.82, 2.24) is 9.88 Å². The van der Waals surface area contributed by atoms with Gasteiger partial charge in [-0.15, -0.1) is 0 Å². The minimum Gasteiger partial charge on any atom is -0.393 e. The van der Waals surface area contributed by atoms with Crippen LogP contribution in [0.15, 0.2) is 12.3 Å². The molecule has 1 atom stereocenters. The highest BCUT2D eigenvalue weighted by Crippen LogP contribution is 2.12. The molecule has 0 aliphatic heterocycles. The number of hydrogen-bond acceptors (Lipinski definition) is 2. The SMILES string of the molecule is CC(O)CCNC(=O)c1cc(Cl)cn1C. The van der Waals surface area contributed by atoms with Crippen molar-refractivity contribution < 1.29 is 9.90 Å². The Labute approximate surface area is 93.8 Å². The Balaban J connectivity index is 2.50. The van der Waals surface area contributed by atoms with Gasteiger partial charge >= 0.3 is 0 Å². The minimum absolute atomic E-state index is 0.176. The van der Waals surface area contributed by atoms with E-state index in [0.717, 1.165) is 0 Å². The van der Waals surface area contributed by atoms with Gasteiger partial charge < -0.3 is 15.0 Å². The van der Waals surface area contributed by atoms with E-state index in [0.29, 0.717) is 23.7 Å².